The molecule has 6 aromatic rings. The number of rotatable bonds is 9. The lowest BCUT2D eigenvalue weighted by atomic mass is 9.64. The molecule has 0 saturated heterocycles. The van der Waals surface area contributed by atoms with Crippen molar-refractivity contribution in [2.75, 3.05) is 0 Å². The minimum atomic E-state index is -1.52. The molecule has 0 aromatic heterocycles. The normalized spacial score (nSPS) is 20.9. The standard InChI is InChI=1S/C44H36O6/c1-31-19-15-16-28-36(31)44(50-35-26-13-6-14-27-35)38-30-18-17-29-37(38)43(2,49-34-24-11-5-12-25-34)39(47-41(45)32-20-7-3-8-21-32)40(44)48-42(46)33-22-9-4-10-23-33/h3-30,39-40H,1-2H3. The molecule has 1 aliphatic carbocycles. The first kappa shape index (κ1) is 32.4. The van der Waals surface area contributed by atoms with Crippen LogP contribution in [0.1, 0.15) is 49.9 Å². The number of ether oxygens (including phenoxy) is 4. The SMILES string of the molecule is Cc1ccccc1C1(Oc2ccccc2)c2ccccc2C(C)(Oc2ccccc2)C(OC(=O)c2ccccc2)C1OC(=O)c1ccccc1. The molecule has 50 heavy (non-hydrogen) atoms. The van der Waals surface area contributed by atoms with Crippen molar-refractivity contribution >= 4 is 11.9 Å². The third-order valence-corrected chi connectivity index (χ3v) is 9.21. The van der Waals surface area contributed by atoms with Gasteiger partial charge in [-0.05, 0) is 67.9 Å². The lowest BCUT2D eigenvalue weighted by Gasteiger charge is -2.53. The number of fused-ring (bicyclic) bond motifs is 1. The minimum absolute atomic E-state index is 0.337. The quantitative estimate of drug-likeness (QED) is 0.144. The van der Waals surface area contributed by atoms with Gasteiger partial charge in [-0.15, -0.1) is 0 Å². The summed E-state index contributed by atoms with van der Waals surface area (Å²) in [5.41, 5.74) is 0.820. The molecule has 6 heteroatoms. The number of para-hydroxylation sites is 2. The third-order valence-electron chi connectivity index (χ3n) is 9.21. The molecule has 7 rings (SSSR count). The van der Waals surface area contributed by atoms with Crippen molar-refractivity contribution in [2.45, 2.75) is 37.3 Å². The molecule has 0 fully saturated rings. The largest absolute Gasteiger partial charge is 0.479 e. The zero-order valence-corrected chi connectivity index (χ0v) is 27.8. The summed E-state index contributed by atoms with van der Waals surface area (Å²) in [5, 5.41) is 0. The molecule has 1 aliphatic rings. The van der Waals surface area contributed by atoms with Crippen molar-refractivity contribution < 1.29 is 28.5 Å². The van der Waals surface area contributed by atoms with Crippen molar-refractivity contribution in [1.82, 2.24) is 0 Å². The molecule has 6 nitrogen and oxygen atoms in total. The Hall–Kier alpha value is -6.14. The minimum Gasteiger partial charge on any atom is -0.479 e. The first-order chi connectivity index (χ1) is 24.4. The molecule has 0 saturated carbocycles. The van der Waals surface area contributed by atoms with Gasteiger partial charge in [0.2, 0.25) is 5.60 Å². The van der Waals surface area contributed by atoms with E-state index in [2.05, 4.69) is 0 Å². The van der Waals surface area contributed by atoms with Crippen molar-refractivity contribution in [2.24, 2.45) is 0 Å². The van der Waals surface area contributed by atoms with Gasteiger partial charge >= 0.3 is 11.9 Å². The van der Waals surface area contributed by atoms with Crippen LogP contribution in [0.5, 0.6) is 11.5 Å². The summed E-state index contributed by atoms with van der Waals surface area (Å²) in [5.74, 6) is -0.123. The van der Waals surface area contributed by atoms with E-state index in [1.807, 2.05) is 135 Å². The second-order valence-electron chi connectivity index (χ2n) is 12.4. The number of hydrogen-bond donors (Lipinski definition) is 0. The average molecular weight is 661 g/mol. The Morgan fingerprint density at radius 3 is 1.38 bits per heavy atom. The van der Waals surface area contributed by atoms with Crippen LogP contribution < -0.4 is 9.47 Å². The summed E-state index contributed by atoms with van der Waals surface area (Å²) in [4.78, 5) is 28.5. The van der Waals surface area contributed by atoms with Gasteiger partial charge in [0.15, 0.2) is 17.8 Å². The van der Waals surface area contributed by atoms with Gasteiger partial charge in [0.25, 0.3) is 0 Å². The van der Waals surface area contributed by atoms with Crippen LogP contribution in [-0.4, -0.2) is 24.1 Å². The highest BCUT2D eigenvalue weighted by Crippen LogP contribution is 2.54. The number of carbonyl (C=O) groups is 2. The number of esters is 2. The van der Waals surface area contributed by atoms with E-state index in [0.717, 1.165) is 11.1 Å². The molecule has 0 amide bonds. The maximum atomic E-state index is 14.3. The van der Waals surface area contributed by atoms with Gasteiger partial charge in [0.1, 0.15) is 11.5 Å². The van der Waals surface area contributed by atoms with Crippen molar-refractivity contribution in [3.05, 3.63) is 203 Å². The Bertz CT molecular complexity index is 2080. The van der Waals surface area contributed by atoms with Crippen molar-refractivity contribution in [1.29, 1.82) is 0 Å². The predicted octanol–water partition coefficient (Wildman–Crippen LogP) is 9.08. The molecular weight excluding hydrogens is 624 g/mol. The van der Waals surface area contributed by atoms with Crippen LogP contribution in [0, 0.1) is 6.92 Å². The van der Waals surface area contributed by atoms with E-state index in [9.17, 15) is 9.59 Å². The van der Waals surface area contributed by atoms with Crippen LogP contribution in [0.25, 0.3) is 0 Å². The first-order valence-corrected chi connectivity index (χ1v) is 16.6. The third kappa shape index (κ3) is 6.01. The van der Waals surface area contributed by atoms with Crippen molar-refractivity contribution in [3.8, 4) is 11.5 Å². The first-order valence-electron chi connectivity index (χ1n) is 16.6. The van der Waals surface area contributed by atoms with Gasteiger partial charge in [-0.2, -0.15) is 0 Å². The number of benzene rings is 6. The molecule has 248 valence electrons. The van der Waals surface area contributed by atoms with Gasteiger partial charge in [-0.25, -0.2) is 9.59 Å². The molecule has 0 radical (unpaired) electrons. The van der Waals surface area contributed by atoms with Gasteiger partial charge < -0.3 is 18.9 Å². The molecule has 0 bridgehead atoms. The van der Waals surface area contributed by atoms with Crippen molar-refractivity contribution in [3.63, 3.8) is 0 Å². The molecule has 0 spiro atoms. The van der Waals surface area contributed by atoms with Crippen LogP contribution in [0.15, 0.2) is 170 Å². The Morgan fingerprint density at radius 1 is 0.460 bits per heavy atom. The van der Waals surface area contributed by atoms with E-state index >= 15 is 0 Å². The lowest BCUT2D eigenvalue weighted by Crippen LogP contribution is -2.66. The van der Waals surface area contributed by atoms with Crippen LogP contribution >= 0.6 is 0 Å². The lowest BCUT2D eigenvalue weighted by molar-refractivity contribution is -0.177. The Kier molecular flexibility index (Phi) is 8.92. The van der Waals surface area contributed by atoms with E-state index in [4.69, 9.17) is 18.9 Å². The molecule has 4 unspecified atom stereocenters. The van der Waals surface area contributed by atoms with E-state index < -0.39 is 35.3 Å². The maximum absolute atomic E-state index is 14.3. The second-order valence-corrected chi connectivity index (χ2v) is 12.4. The second kappa shape index (κ2) is 13.8. The highest BCUT2D eigenvalue weighted by atomic mass is 16.6. The highest BCUT2D eigenvalue weighted by Gasteiger charge is 2.65. The molecule has 0 N–H and O–H groups in total. The fourth-order valence-corrected chi connectivity index (χ4v) is 6.86. The van der Waals surface area contributed by atoms with Crippen LogP contribution in [0.3, 0.4) is 0 Å². The smallest absolute Gasteiger partial charge is 0.338 e. The van der Waals surface area contributed by atoms with Gasteiger partial charge in [0, 0.05) is 16.7 Å². The fraction of sp³-hybridized carbons (Fsp3) is 0.136. The fourth-order valence-electron chi connectivity index (χ4n) is 6.86. The zero-order chi connectivity index (χ0) is 34.6. The Balaban J connectivity index is 1.54. The van der Waals surface area contributed by atoms with Crippen LogP contribution in [-0.2, 0) is 20.7 Å². The van der Waals surface area contributed by atoms with Crippen LogP contribution in [0.4, 0.5) is 0 Å². The number of carbonyl (C=O) groups excluding carboxylic acids is 2. The summed E-state index contributed by atoms with van der Waals surface area (Å²) in [7, 11) is 0. The van der Waals surface area contributed by atoms with E-state index in [0.29, 0.717) is 33.8 Å². The Morgan fingerprint density at radius 2 is 0.860 bits per heavy atom. The zero-order valence-electron chi connectivity index (χ0n) is 27.8. The topological polar surface area (TPSA) is 71.1 Å². The van der Waals surface area contributed by atoms with Gasteiger partial charge in [-0.1, -0.05) is 121 Å². The van der Waals surface area contributed by atoms with Crippen LogP contribution in [0.2, 0.25) is 0 Å². The molecule has 0 aliphatic heterocycles. The summed E-state index contributed by atoms with van der Waals surface area (Å²) in [6, 6.07) is 51.9. The molecule has 0 heterocycles. The van der Waals surface area contributed by atoms with Gasteiger partial charge in [0.05, 0.1) is 11.1 Å². The highest BCUT2D eigenvalue weighted by molar-refractivity contribution is 5.90. The number of aryl methyl sites for hydroxylation is 1. The van der Waals surface area contributed by atoms with E-state index in [1.165, 1.54) is 0 Å². The maximum Gasteiger partial charge on any atom is 0.338 e. The predicted molar refractivity (Wildman–Crippen MR) is 191 cm³/mol. The summed E-state index contributed by atoms with van der Waals surface area (Å²) in [6.07, 6.45) is -2.51. The number of hydrogen-bond acceptors (Lipinski definition) is 6. The van der Waals surface area contributed by atoms with E-state index in [1.54, 1.807) is 48.5 Å². The summed E-state index contributed by atoms with van der Waals surface area (Å²) >= 11 is 0. The monoisotopic (exact) mass is 660 g/mol. The summed E-state index contributed by atoms with van der Waals surface area (Å²) < 4.78 is 27.4. The molecule has 6 aromatic carbocycles. The Labute approximate surface area is 291 Å². The van der Waals surface area contributed by atoms with Gasteiger partial charge in [-0.3, -0.25) is 0 Å². The molecular formula is C44H36O6. The summed E-state index contributed by atoms with van der Waals surface area (Å²) in [6.45, 7) is 3.86. The molecule has 4 atom stereocenters. The van der Waals surface area contributed by atoms with E-state index in [-0.39, 0.29) is 0 Å². The average Bonchev–Trinajstić information content (AvgIpc) is 3.16.